The van der Waals surface area contributed by atoms with Crippen molar-refractivity contribution in [2.24, 2.45) is 0 Å². The molecular formula is C18H24N4O3. The molecule has 0 radical (unpaired) electrons. The van der Waals surface area contributed by atoms with Crippen molar-refractivity contribution >= 4 is 5.91 Å². The monoisotopic (exact) mass is 344 g/mol. The van der Waals surface area contributed by atoms with Gasteiger partial charge in [-0.1, -0.05) is 6.92 Å². The Balaban J connectivity index is 1.81. The summed E-state index contributed by atoms with van der Waals surface area (Å²) < 4.78 is 8.41. The fourth-order valence-electron chi connectivity index (χ4n) is 2.78. The lowest BCUT2D eigenvalue weighted by atomic mass is 10.2. The van der Waals surface area contributed by atoms with E-state index in [1.54, 1.807) is 11.7 Å². The number of methoxy groups -OCH3 is 1. The molecule has 3 rings (SSSR count). The molecule has 0 unspecified atom stereocenters. The molecule has 1 aromatic heterocycles. The second-order valence-electron chi connectivity index (χ2n) is 6.26. The summed E-state index contributed by atoms with van der Waals surface area (Å²) >= 11 is 0. The molecule has 7 nitrogen and oxygen atoms in total. The minimum atomic E-state index is -0.113. The molecule has 134 valence electrons. The van der Waals surface area contributed by atoms with Gasteiger partial charge >= 0.3 is 5.69 Å². The summed E-state index contributed by atoms with van der Waals surface area (Å²) in [6.45, 7) is 2.74. The van der Waals surface area contributed by atoms with Crippen LogP contribution in [-0.2, 0) is 11.3 Å². The number of hydrogen-bond donors (Lipinski definition) is 1. The topological polar surface area (TPSA) is 78.2 Å². The first-order valence-electron chi connectivity index (χ1n) is 8.74. The Hall–Kier alpha value is -2.57. The van der Waals surface area contributed by atoms with E-state index in [4.69, 9.17) is 4.74 Å². The van der Waals surface area contributed by atoms with Gasteiger partial charge in [-0.2, -0.15) is 0 Å². The van der Waals surface area contributed by atoms with Crippen LogP contribution in [0.3, 0.4) is 0 Å². The van der Waals surface area contributed by atoms with Gasteiger partial charge in [0.15, 0.2) is 5.82 Å². The molecule has 1 aliphatic carbocycles. The van der Waals surface area contributed by atoms with Gasteiger partial charge in [-0.05, 0) is 43.5 Å². The first kappa shape index (κ1) is 17.3. The summed E-state index contributed by atoms with van der Waals surface area (Å²) in [4.78, 5) is 24.2. The van der Waals surface area contributed by atoms with Crippen molar-refractivity contribution in [3.05, 3.63) is 34.7 Å². The van der Waals surface area contributed by atoms with E-state index in [1.807, 2.05) is 31.2 Å². The highest BCUT2D eigenvalue weighted by molar-refractivity contribution is 5.75. The minimum absolute atomic E-state index is 0.00699. The number of carbonyl (C=O) groups excluding carboxylic acids is 1. The number of nitrogens with one attached hydrogen (secondary N) is 1. The first-order valence-corrected chi connectivity index (χ1v) is 8.74. The van der Waals surface area contributed by atoms with Crippen LogP contribution in [0.2, 0.25) is 0 Å². The maximum atomic E-state index is 12.7. The van der Waals surface area contributed by atoms with Gasteiger partial charge in [-0.15, -0.1) is 5.10 Å². The zero-order chi connectivity index (χ0) is 17.8. The third kappa shape index (κ3) is 3.92. The van der Waals surface area contributed by atoms with Crippen molar-refractivity contribution in [1.29, 1.82) is 0 Å². The van der Waals surface area contributed by atoms with Gasteiger partial charge in [0.25, 0.3) is 0 Å². The van der Waals surface area contributed by atoms with Crippen LogP contribution in [-0.4, -0.2) is 33.9 Å². The smallest absolute Gasteiger partial charge is 0.346 e. The van der Waals surface area contributed by atoms with Crippen molar-refractivity contribution in [2.45, 2.75) is 45.2 Å². The Morgan fingerprint density at radius 3 is 2.64 bits per heavy atom. The molecule has 0 saturated heterocycles. The van der Waals surface area contributed by atoms with Crippen molar-refractivity contribution in [2.75, 3.05) is 13.7 Å². The average molecular weight is 344 g/mol. The van der Waals surface area contributed by atoms with Crippen LogP contribution in [0.25, 0.3) is 11.4 Å². The van der Waals surface area contributed by atoms with E-state index in [0.717, 1.165) is 30.6 Å². The zero-order valence-electron chi connectivity index (χ0n) is 14.7. The molecule has 1 fully saturated rings. The van der Waals surface area contributed by atoms with E-state index < -0.39 is 0 Å². The lowest BCUT2D eigenvalue weighted by Crippen LogP contribution is -2.32. The SMILES string of the molecule is CCCC(=O)NCCn1nc(-c2ccc(OC)cc2)n(C2CC2)c1=O. The Labute approximate surface area is 146 Å². The van der Waals surface area contributed by atoms with Crippen molar-refractivity contribution < 1.29 is 9.53 Å². The first-order chi connectivity index (χ1) is 12.1. The summed E-state index contributed by atoms with van der Waals surface area (Å²) in [6, 6.07) is 7.77. The molecular weight excluding hydrogens is 320 g/mol. The third-order valence-electron chi connectivity index (χ3n) is 4.25. The van der Waals surface area contributed by atoms with Gasteiger partial charge in [0, 0.05) is 24.6 Å². The number of hydrogen-bond acceptors (Lipinski definition) is 4. The summed E-state index contributed by atoms with van der Waals surface area (Å²) in [6.07, 6.45) is 3.32. The summed E-state index contributed by atoms with van der Waals surface area (Å²) in [5, 5.41) is 7.34. The number of rotatable bonds is 8. The molecule has 1 saturated carbocycles. The second kappa shape index (κ2) is 7.55. The quantitative estimate of drug-likeness (QED) is 0.794. The molecule has 1 heterocycles. The largest absolute Gasteiger partial charge is 0.497 e. The van der Waals surface area contributed by atoms with Gasteiger partial charge in [-0.3, -0.25) is 9.36 Å². The Bertz CT molecular complexity index is 788. The van der Waals surface area contributed by atoms with Crippen LogP contribution in [0.4, 0.5) is 0 Å². The maximum Gasteiger partial charge on any atom is 0.346 e. The van der Waals surface area contributed by atoms with Crippen molar-refractivity contribution in [1.82, 2.24) is 19.7 Å². The molecule has 0 aliphatic heterocycles. The van der Waals surface area contributed by atoms with Crippen LogP contribution >= 0.6 is 0 Å². The lowest BCUT2D eigenvalue weighted by Gasteiger charge is -2.04. The van der Waals surface area contributed by atoms with E-state index in [9.17, 15) is 9.59 Å². The van der Waals surface area contributed by atoms with Gasteiger partial charge in [0.2, 0.25) is 5.91 Å². The van der Waals surface area contributed by atoms with Crippen LogP contribution in [0.5, 0.6) is 5.75 Å². The molecule has 1 aliphatic rings. The van der Waals surface area contributed by atoms with Crippen LogP contribution in [0.15, 0.2) is 29.1 Å². The molecule has 1 N–H and O–H groups in total. The summed E-state index contributed by atoms with van der Waals surface area (Å²) in [5.41, 5.74) is 0.775. The number of nitrogens with zero attached hydrogens (tertiary/aromatic N) is 3. The van der Waals surface area contributed by atoms with E-state index in [1.165, 1.54) is 4.68 Å². The number of amides is 1. The Morgan fingerprint density at radius 2 is 2.04 bits per heavy atom. The average Bonchev–Trinajstić information content (AvgIpc) is 3.40. The van der Waals surface area contributed by atoms with Crippen LogP contribution in [0, 0.1) is 0 Å². The van der Waals surface area contributed by atoms with E-state index >= 15 is 0 Å². The summed E-state index contributed by atoms with van der Waals surface area (Å²) in [5.74, 6) is 1.45. The van der Waals surface area contributed by atoms with Crippen LogP contribution < -0.4 is 15.7 Å². The number of benzene rings is 1. The van der Waals surface area contributed by atoms with Crippen molar-refractivity contribution in [3.8, 4) is 17.1 Å². The van der Waals surface area contributed by atoms with E-state index in [-0.39, 0.29) is 17.6 Å². The van der Waals surface area contributed by atoms with E-state index in [2.05, 4.69) is 10.4 Å². The van der Waals surface area contributed by atoms with Crippen molar-refractivity contribution in [3.63, 3.8) is 0 Å². The normalized spacial score (nSPS) is 13.7. The molecule has 1 amide bonds. The van der Waals surface area contributed by atoms with Crippen LogP contribution in [0.1, 0.15) is 38.6 Å². The predicted molar refractivity (Wildman–Crippen MR) is 94.7 cm³/mol. The Kier molecular flexibility index (Phi) is 5.21. The molecule has 1 aromatic carbocycles. The molecule has 25 heavy (non-hydrogen) atoms. The molecule has 0 bridgehead atoms. The highest BCUT2D eigenvalue weighted by Gasteiger charge is 2.30. The molecule has 2 aromatic rings. The highest BCUT2D eigenvalue weighted by atomic mass is 16.5. The van der Waals surface area contributed by atoms with Gasteiger partial charge in [0.05, 0.1) is 13.7 Å². The highest BCUT2D eigenvalue weighted by Crippen LogP contribution is 2.36. The molecule has 7 heteroatoms. The van der Waals surface area contributed by atoms with Gasteiger partial charge in [-0.25, -0.2) is 9.48 Å². The Morgan fingerprint density at radius 1 is 1.32 bits per heavy atom. The van der Waals surface area contributed by atoms with Gasteiger partial charge < -0.3 is 10.1 Å². The predicted octanol–water partition coefficient (Wildman–Crippen LogP) is 1.97. The lowest BCUT2D eigenvalue weighted by molar-refractivity contribution is -0.121. The fourth-order valence-corrected chi connectivity index (χ4v) is 2.78. The maximum absolute atomic E-state index is 12.7. The second-order valence-corrected chi connectivity index (χ2v) is 6.26. The fraction of sp³-hybridized carbons (Fsp3) is 0.500. The molecule has 0 atom stereocenters. The zero-order valence-corrected chi connectivity index (χ0v) is 14.7. The molecule has 0 spiro atoms. The third-order valence-corrected chi connectivity index (χ3v) is 4.25. The standard InChI is InChI=1S/C18H24N4O3/c1-3-4-16(23)19-11-12-21-18(24)22(14-7-8-14)17(20-21)13-5-9-15(25-2)10-6-13/h5-6,9-10,14H,3-4,7-8,11-12H2,1-2H3,(H,19,23). The number of carbonyl (C=O) groups is 1. The van der Waals surface area contributed by atoms with Gasteiger partial charge in [0.1, 0.15) is 5.75 Å². The number of aromatic nitrogens is 3. The summed E-state index contributed by atoms with van der Waals surface area (Å²) in [7, 11) is 1.62. The minimum Gasteiger partial charge on any atom is -0.497 e. The van der Waals surface area contributed by atoms with E-state index in [0.29, 0.717) is 25.3 Å². The number of ether oxygens (including phenoxy) is 1.